The van der Waals surface area contributed by atoms with Crippen LogP contribution < -0.4 is 20.5 Å². The number of urea groups is 1. The molecule has 0 aromatic heterocycles. The zero-order valence-corrected chi connectivity index (χ0v) is 15.7. The van der Waals surface area contributed by atoms with E-state index in [2.05, 4.69) is 10.6 Å². The summed E-state index contributed by atoms with van der Waals surface area (Å²) in [6, 6.07) is 12.6. The highest BCUT2D eigenvalue weighted by molar-refractivity contribution is 7.89. The van der Waals surface area contributed by atoms with Crippen LogP contribution in [0.1, 0.15) is 12.5 Å². The van der Waals surface area contributed by atoms with Gasteiger partial charge in [0.1, 0.15) is 5.75 Å². The minimum Gasteiger partial charge on any atom is -0.471 e. The number of halogens is 1. The average molecular weight is 398 g/mol. The van der Waals surface area contributed by atoms with E-state index in [1.54, 1.807) is 43.3 Å². The van der Waals surface area contributed by atoms with E-state index in [4.69, 9.17) is 21.5 Å². The predicted molar refractivity (Wildman–Crippen MR) is 99.6 cm³/mol. The van der Waals surface area contributed by atoms with Gasteiger partial charge in [-0.1, -0.05) is 23.7 Å². The number of ether oxygens (including phenoxy) is 1. The van der Waals surface area contributed by atoms with E-state index < -0.39 is 16.3 Å². The summed E-state index contributed by atoms with van der Waals surface area (Å²) >= 11 is 5.80. The summed E-state index contributed by atoms with van der Waals surface area (Å²) in [4.78, 5) is 11.9. The molecule has 2 aromatic carbocycles. The van der Waals surface area contributed by atoms with Gasteiger partial charge in [-0.25, -0.2) is 18.4 Å². The van der Waals surface area contributed by atoms with Gasteiger partial charge in [-0.2, -0.15) is 0 Å². The van der Waals surface area contributed by atoms with E-state index in [1.165, 1.54) is 12.1 Å². The van der Waals surface area contributed by atoms with Crippen LogP contribution in [0.25, 0.3) is 0 Å². The molecule has 0 saturated heterocycles. The SMILES string of the molecule is CC(NC(=O)NCCc1ccc(S(N)(=O)=O)cc1)Oc1ccc(Cl)cc1. The Kier molecular flexibility index (Phi) is 6.84. The second-order valence-corrected chi connectivity index (χ2v) is 7.55. The largest absolute Gasteiger partial charge is 0.471 e. The molecule has 26 heavy (non-hydrogen) atoms. The maximum absolute atomic E-state index is 11.9. The maximum Gasteiger partial charge on any atom is 0.317 e. The number of nitrogens with one attached hydrogen (secondary N) is 2. The Morgan fingerprint density at radius 1 is 1.15 bits per heavy atom. The Morgan fingerprint density at radius 2 is 1.77 bits per heavy atom. The third-order valence-corrected chi connectivity index (χ3v) is 4.59. The highest BCUT2D eigenvalue weighted by Crippen LogP contribution is 2.16. The molecule has 2 amide bonds. The number of carbonyl (C=O) groups is 1. The molecule has 0 fully saturated rings. The highest BCUT2D eigenvalue weighted by atomic mass is 35.5. The number of hydrogen-bond donors (Lipinski definition) is 3. The van der Waals surface area contributed by atoms with Crippen molar-refractivity contribution in [3.05, 3.63) is 59.1 Å². The lowest BCUT2D eigenvalue weighted by atomic mass is 10.1. The molecule has 7 nitrogen and oxygen atoms in total. The van der Waals surface area contributed by atoms with Crippen molar-refractivity contribution in [2.24, 2.45) is 5.14 Å². The normalized spacial score (nSPS) is 12.3. The molecule has 1 atom stereocenters. The predicted octanol–water partition coefficient (Wildman–Crippen LogP) is 2.25. The molecule has 2 aromatic rings. The van der Waals surface area contributed by atoms with Gasteiger partial charge >= 0.3 is 6.03 Å². The number of hydrogen-bond acceptors (Lipinski definition) is 4. The van der Waals surface area contributed by atoms with Crippen LogP contribution in [0.5, 0.6) is 5.75 Å². The molecule has 0 heterocycles. The van der Waals surface area contributed by atoms with E-state index >= 15 is 0 Å². The van der Waals surface area contributed by atoms with Gasteiger partial charge in [-0.15, -0.1) is 0 Å². The first-order chi connectivity index (χ1) is 12.2. The van der Waals surface area contributed by atoms with Gasteiger partial charge in [0, 0.05) is 11.6 Å². The average Bonchev–Trinajstić information content (AvgIpc) is 2.56. The highest BCUT2D eigenvalue weighted by Gasteiger charge is 2.09. The van der Waals surface area contributed by atoms with Gasteiger partial charge in [0.25, 0.3) is 0 Å². The first-order valence-corrected chi connectivity index (χ1v) is 9.75. The third kappa shape index (κ3) is 6.55. The fraction of sp³-hybridized carbons (Fsp3) is 0.235. The zero-order chi connectivity index (χ0) is 19.2. The maximum atomic E-state index is 11.9. The monoisotopic (exact) mass is 397 g/mol. The summed E-state index contributed by atoms with van der Waals surface area (Å²) in [5, 5.41) is 11.0. The summed E-state index contributed by atoms with van der Waals surface area (Å²) in [6.07, 6.45) is 0.0234. The molecule has 4 N–H and O–H groups in total. The molecule has 0 radical (unpaired) electrons. The quantitative estimate of drug-likeness (QED) is 0.622. The van der Waals surface area contributed by atoms with Crippen molar-refractivity contribution in [1.82, 2.24) is 10.6 Å². The first-order valence-electron chi connectivity index (χ1n) is 7.82. The van der Waals surface area contributed by atoms with E-state index in [9.17, 15) is 13.2 Å². The zero-order valence-electron chi connectivity index (χ0n) is 14.1. The van der Waals surface area contributed by atoms with Gasteiger partial charge < -0.3 is 15.4 Å². The van der Waals surface area contributed by atoms with Crippen LogP contribution in [0.15, 0.2) is 53.4 Å². The molecule has 0 saturated carbocycles. The molecule has 9 heteroatoms. The summed E-state index contributed by atoms with van der Waals surface area (Å²) in [5.74, 6) is 0.595. The molecule has 0 bridgehead atoms. The number of primary sulfonamides is 1. The van der Waals surface area contributed by atoms with Crippen LogP contribution in [-0.4, -0.2) is 27.2 Å². The van der Waals surface area contributed by atoms with Crippen molar-refractivity contribution in [2.45, 2.75) is 24.5 Å². The van der Waals surface area contributed by atoms with E-state index in [0.29, 0.717) is 23.7 Å². The van der Waals surface area contributed by atoms with Crippen molar-refractivity contribution in [1.29, 1.82) is 0 Å². The Morgan fingerprint density at radius 3 is 2.35 bits per heavy atom. The third-order valence-electron chi connectivity index (χ3n) is 3.41. The lowest BCUT2D eigenvalue weighted by Gasteiger charge is -2.16. The number of rotatable bonds is 7. The van der Waals surface area contributed by atoms with E-state index in [1.807, 2.05) is 0 Å². The standard InChI is InChI=1S/C17H20ClN3O4S/c1-12(25-15-6-4-14(18)5-7-15)21-17(22)20-11-10-13-2-8-16(9-3-13)26(19,23)24/h2-9,12H,10-11H2,1H3,(H2,19,23,24)(H2,20,21,22). The van der Waals surface area contributed by atoms with Crippen LogP contribution in [0.4, 0.5) is 4.79 Å². The topological polar surface area (TPSA) is 111 Å². The summed E-state index contributed by atoms with van der Waals surface area (Å²) < 4.78 is 27.9. The smallest absolute Gasteiger partial charge is 0.317 e. The molecule has 0 aliphatic carbocycles. The van der Waals surface area contributed by atoms with E-state index in [-0.39, 0.29) is 10.9 Å². The second-order valence-electron chi connectivity index (χ2n) is 5.55. The number of sulfonamides is 1. The molecule has 2 rings (SSSR count). The molecule has 0 aliphatic rings. The Balaban J connectivity index is 1.73. The Bertz CT molecular complexity index is 839. The van der Waals surface area contributed by atoms with Gasteiger partial charge in [-0.05, 0) is 55.3 Å². The summed E-state index contributed by atoms with van der Waals surface area (Å²) in [6.45, 7) is 2.09. The fourth-order valence-corrected chi connectivity index (χ4v) is 2.79. The Hall–Kier alpha value is -2.29. The number of benzene rings is 2. The minimum atomic E-state index is -3.70. The van der Waals surface area contributed by atoms with Crippen molar-refractivity contribution in [3.8, 4) is 5.75 Å². The van der Waals surface area contributed by atoms with Crippen molar-refractivity contribution >= 4 is 27.7 Å². The first kappa shape index (κ1) is 20.0. The lowest BCUT2D eigenvalue weighted by molar-refractivity contribution is 0.177. The van der Waals surface area contributed by atoms with Gasteiger partial charge in [0.2, 0.25) is 10.0 Å². The molecular formula is C17H20ClN3O4S. The van der Waals surface area contributed by atoms with E-state index in [0.717, 1.165) is 5.56 Å². The van der Waals surface area contributed by atoms with Gasteiger partial charge in [-0.3, -0.25) is 0 Å². The number of nitrogens with two attached hydrogens (primary N) is 1. The molecule has 1 unspecified atom stereocenters. The van der Waals surface area contributed by atoms with Crippen molar-refractivity contribution in [2.75, 3.05) is 6.54 Å². The van der Waals surface area contributed by atoms with Crippen molar-refractivity contribution in [3.63, 3.8) is 0 Å². The summed E-state index contributed by atoms with van der Waals surface area (Å²) in [7, 11) is -3.70. The molecular weight excluding hydrogens is 378 g/mol. The van der Waals surface area contributed by atoms with Crippen LogP contribution in [-0.2, 0) is 16.4 Å². The van der Waals surface area contributed by atoms with Crippen LogP contribution in [0.3, 0.4) is 0 Å². The number of carbonyl (C=O) groups excluding carboxylic acids is 1. The molecule has 140 valence electrons. The fourth-order valence-electron chi connectivity index (χ4n) is 2.15. The Labute approximate surface area is 157 Å². The van der Waals surface area contributed by atoms with Gasteiger partial charge in [0.15, 0.2) is 6.23 Å². The second kappa shape index (κ2) is 8.88. The van der Waals surface area contributed by atoms with Crippen LogP contribution in [0.2, 0.25) is 5.02 Å². The van der Waals surface area contributed by atoms with Crippen molar-refractivity contribution < 1.29 is 17.9 Å². The minimum absolute atomic E-state index is 0.0557. The van der Waals surface area contributed by atoms with Gasteiger partial charge in [0.05, 0.1) is 4.90 Å². The molecule has 0 aliphatic heterocycles. The summed E-state index contributed by atoms with van der Waals surface area (Å²) in [5.41, 5.74) is 0.878. The number of amides is 2. The lowest BCUT2D eigenvalue weighted by Crippen LogP contribution is -2.43. The van der Waals surface area contributed by atoms with Crippen LogP contribution in [0, 0.1) is 0 Å². The molecule has 0 spiro atoms. The van der Waals surface area contributed by atoms with Crippen LogP contribution >= 0.6 is 11.6 Å².